The Morgan fingerprint density at radius 3 is 2.93 bits per heavy atom. The van der Waals surface area contributed by atoms with Crippen LogP contribution in [0.5, 0.6) is 0 Å². The highest BCUT2D eigenvalue weighted by Gasteiger charge is 1.88. The van der Waals surface area contributed by atoms with E-state index in [-0.39, 0.29) is 5.91 Å². The Morgan fingerprint density at radius 2 is 2.27 bits per heavy atom. The zero-order chi connectivity index (χ0) is 11.1. The molecule has 0 saturated carbocycles. The first-order valence-corrected chi connectivity index (χ1v) is 4.98. The third kappa shape index (κ3) is 4.87. The maximum Gasteiger partial charge on any atom is 0.216 e. The molecular formula is C13H15NO. The Bertz CT molecular complexity index is 398. The Morgan fingerprint density at radius 1 is 1.47 bits per heavy atom. The Hall–Kier alpha value is -1.75. The van der Waals surface area contributed by atoms with Gasteiger partial charge in [0.05, 0.1) is 0 Å². The molecular weight excluding hydrogens is 186 g/mol. The molecule has 0 saturated heterocycles. The van der Waals surface area contributed by atoms with Gasteiger partial charge in [-0.3, -0.25) is 4.79 Å². The van der Waals surface area contributed by atoms with Gasteiger partial charge < -0.3 is 5.32 Å². The van der Waals surface area contributed by atoms with Crippen LogP contribution >= 0.6 is 0 Å². The average molecular weight is 201 g/mol. The largest absolute Gasteiger partial charge is 0.355 e. The number of rotatable bonds is 2. The highest BCUT2D eigenvalue weighted by molar-refractivity contribution is 5.72. The molecule has 15 heavy (non-hydrogen) atoms. The number of hydrogen-bond donors (Lipinski definition) is 1. The van der Waals surface area contributed by atoms with Crippen LogP contribution < -0.4 is 5.32 Å². The van der Waals surface area contributed by atoms with Gasteiger partial charge in [0.15, 0.2) is 0 Å². The molecule has 78 valence electrons. The topological polar surface area (TPSA) is 29.1 Å². The predicted molar refractivity (Wildman–Crippen MR) is 61.4 cm³/mol. The van der Waals surface area contributed by atoms with Crippen LogP contribution in [0.2, 0.25) is 0 Å². The number of hydrogen-bond acceptors (Lipinski definition) is 1. The highest BCUT2D eigenvalue weighted by atomic mass is 16.1. The normalized spacial score (nSPS) is 8.93. The summed E-state index contributed by atoms with van der Waals surface area (Å²) in [5, 5.41) is 2.70. The van der Waals surface area contributed by atoms with Crippen LogP contribution in [-0.2, 0) is 4.79 Å². The van der Waals surface area contributed by atoms with Crippen LogP contribution in [0, 0.1) is 18.8 Å². The first-order chi connectivity index (χ1) is 7.18. The Labute approximate surface area is 90.7 Å². The smallest absolute Gasteiger partial charge is 0.216 e. The van der Waals surface area contributed by atoms with Crippen molar-refractivity contribution in [1.29, 1.82) is 0 Å². The van der Waals surface area contributed by atoms with Gasteiger partial charge in [-0.1, -0.05) is 24.0 Å². The van der Waals surface area contributed by atoms with E-state index in [0.717, 1.165) is 5.56 Å². The standard InChI is InChI=1S/C13H15NO/c1-11-6-5-8-13(10-11)7-3-4-9-14-12(2)15/h5-6,8,10H,4,9H2,1-2H3,(H,14,15). The van der Waals surface area contributed by atoms with Crippen molar-refractivity contribution in [3.8, 4) is 11.8 Å². The van der Waals surface area contributed by atoms with Gasteiger partial charge in [-0.2, -0.15) is 0 Å². The van der Waals surface area contributed by atoms with E-state index in [0.29, 0.717) is 13.0 Å². The summed E-state index contributed by atoms with van der Waals surface area (Å²) >= 11 is 0. The summed E-state index contributed by atoms with van der Waals surface area (Å²) in [4.78, 5) is 10.6. The van der Waals surface area contributed by atoms with E-state index in [1.165, 1.54) is 12.5 Å². The zero-order valence-corrected chi connectivity index (χ0v) is 9.13. The molecule has 0 unspecified atom stereocenters. The van der Waals surface area contributed by atoms with E-state index in [9.17, 15) is 4.79 Å². The average Bonchev–Trinajstić information content (AvgIpc) is 2.17. The molecule has 2 heteroatoms. The molecule has 0 atom stereocenters. The third-order valence-corrected chi connectivity index (χ3v) is 1.87. The number of nitrogens with one attached hydrogen (secondary N) is 1. The van der Waals surface area contributed by atoms with Gasteiger partial charge in [0.2, 0.25) is 5.91 Å². The SMILES string of the molecule is CC(=O)NCCC#Cc1cccc(C)c1. The molecule has 1 amide bonds. The lowest BCUT2D eigenvalue weighted by atomic mass is 10.1. The Kier molecular flexibility index (Phi) is 4.43. The summed E-state index contributed by atoms with van der Waals surface area (Å²) in [5.41, 5.74) is 2.24. The fraction of sp³-hybridized carbons (Fsp3) is 0.308. The van der Waals surface area contributed by atoms with Crippen LogP contribution in [0.4, 0.5) is 0 Å². The van der Waals surface area contributed by atoms with Crippen LogP contribution in [0.1, 0.15) is 24.5 Å². The lowest BCUT2D eigenvalue weighted by Crippen LogP contribution is -2.20. The van der Waals surface area contributed by atoms with Gasteiger partial charge >= 0.3 is 0 Å². The quantitative estimate of drug-likeness (QED) is 0.574. The second kappa shape index (κ2) is 5.87. The van der Waals surface area contributed by atoms with Gasteiger partial charge in [-0.05, 0) is 24.6 Å². The number of carbonyl (C=O) groups is 1. The second-order valence-corrected chi connectivity index (χ2v) is 3.40. The maximum absolute atomic E-state index is 10.6. The maximum atomic E-state index is 10.6. The van der Waals surface area contributed by atoms with Gasteiger partial charge in [0.25, 0.3) is 0 Å². The molecule has 0 spiro atoms. The van der Waals surface area contributed by atoms with E-state index in [2.05, 4.69) is 17.2 Å². The lowest BCUT2D eigenvalue weighted by Gasteiger charge is -1.95. The first kappa shape index (κ1) is 11.3. The van der Waals surface area contributed by atoms with Gasteiger partial charge in [0.1, 0.15) is 0 Å². The van der Waals surface area contributed by atoms with E-state index in [4.69, 9.17) is 0 Å². The molecule has 1 N–H and O–H groups in total. The number of aryl methyl sites for hydroxylation is 1. The van der Waals surface area contributed by atoms with E-state index < -0.39 is 0 Å². The first-order valence-electron chi connectivity index (χ1n) is 4.98. The zero-order valence-electron chi connectivity index (χ0n) is 9.13. The van der Waals surface area contributed by atoms with Crippen LogP contribution in [0.15, 0.2) is 24.3 Å². The van der Waals surface area contributed by atoms with Crippen molar-refractivity contribution in [2.24, 2.45) is 0 Å². The minimum Gasteiger partial charge on any atom is -0.355 e. The van der Waals surface area contributed by atoms with Gasteiger partial charge in [-0.25, -0.2) is 0 Å². The molecule has 0 aromatic heterocycles. The van der Waals surface area contributed by atoms with Crippen molar-refractivity contribution in [2.45, 2.75) is 20.3 Å². The third-order valence-electron chi connectivity index (χ3n) is 1.87. The summed E-state index contributed by atoms with van der Waals surface area (Å²) in [7, 11) is 0. The number of amides is 1. The fourth-order valence-corrected chi connectivity index (χ4v) is 1.19. The Balaban J connectivity index is 2.41. The molecule has 2 nitrogen and oxygen atoms in total. The number of benzene rings is 1. The highest BCUT2D eigenvalue weighted by Crippen LogP contribution is 2.01. The molecule has 0 bridgehead atoms. The van der Waals surface area contributed by atoms with Gasteiger partial charge in [-0.15, -0.1) is 0 Å². The summed E-state index contributed by atoms with van der Waals surface area (Å²) in [6.45, 7) is 4.17. The number of carbonyl (C=O) groups excluding carboxylic acids is 1. The van der Waals surface area contributed by atoms with Crippen molar-refractivity contribution in [3.63, 3.8) is 0 Å². The van der Waals surface area contributed by atoms with Crippen molar-refractivity contribution in [1.82, 2.24) is 5.32 Å². The summed E-state index contributed by atoms with van der Waals surface area (Å²) in [6, 6.07) is 8.07. The van der Waals surface area contributed by atoms with Crippen LogP contribution in [-0.4, -0.2) is 12.5 Å². The molecule has 1 aromatic rings. The van der Waals surface area contributed by atoms with Gasteiger partial charge in [0, 0.05) is 25.5 Å². The van der Waals surface area contributed by atoms with Crippen molar-refractivity contribution >= 4 is 5.91 Å². The monoisotopic (exact) mass is 201 g/mol. The van der Waals surface area contributed by atoms with Crippen LogP contribution in [0.3, 0.4) is 0 Å². The van der Waals surface area contributed by atoms with Crippen LogP contribution in [0.25, 0.3) is 0 Å². The summed E-state index contributed by atoms with van der Waals surface area (Å²) in [6.07, 6.45) is 0.688. The lowest BCUT2D eigenvalue weighted by molar-refractivity contribution is -0.118. The summed E-state index contributed by atoms with van der Waals surface area (Å²) < 4.78 is 0. The molecule has 0 aliphatic rings. The minimum absolute atomic E-state index is 0.00708. The molecule has 0 heterocycles. The van der Waals surface area contributed by atoms with E-state index >= 15 is 0 Å². The minimum atomic E-state index is -0.00708. The molecule has 1 aromatic carbocycles. The molecule has 0 aliphatic heterocycles. The predicted octanol–water partition coefficient (Wildman–Crippen LogP) is 1.87. The molecule has 0 fully saturated rings. The fourth-order valence-electron chi connectivity index (χ4n) is 1.19. The van der Waals surface area contributed by atoms with Crippen molar-refractivity contribution in [3.05, 3.63) is 35.4 Å². The van der Waals surface area contributed by atoms with E-state index in [1.807, 2.05) is 31.2 Å². The van der Waals surface area contributed by atoms with Crippen molar-refractivity contribution in [2.75, 3.05) is 6.54 Å². The molecule has 0 radical (unpaired) electrons. The molecule has 0 aliphatic carbocycles. The second-order valence-electron chi connectivity index (χ2n) is 3.40. The molecule has 1 rings (SSSR count). The summed E-state index contributed by atoms with van der Waals surface area (Å²) in [5.74, 6) is 6.07. The van der Waals surface area contributed by atoms with Crippen molar-refractivity contribution < 1.29 is 4.79 Å². The van der Waals surface area contributed by atoms with E-state index in [1.54, 1.807) is 0 Å².